The number of nitrogens with one attached hydrogen (secondary N) is 1. The molecule has 2 rings (SSSR count). The first-order valence-electron chi connectivity index (χ1n) is 6.16. The summed E-state index contributed by atoms with van der Waals surface area (Å²) in [6.07, 6.45) is 1.66. The van der Waals surface area contributed by atoms with Crippen molar-refractivity contribution in [1.29, 1.82) is 5.26 Å². The Kier molecular flexibility index (Phi) is 4.31. The Morgan fingerprint density at radius 2 is 2.15 bits per heavy atom. The van der Waals surface area contributed by atoms with Gasteiger partial charge in [0.25, 0.3) is 0 Å². The lowest BCUT2D eigenvalue weighted by Crippen LogP contribution is -2.39. The number of carbonyl (C=O) groups is 1. The van der Waals surface area contributed by atoms with Crippen molar-refractivity contribution in [2.75, 3.05) is 11.1 Å². The number of anilines is 1. The molecule has 1 amide bonds. The number of carbonyl (C=O) groups excluding carboxylic acids is 1. The van der Waals surface area contributed by atoms with Crippen LogP contribution in [0.15, 0.2) is 18.2 Å². The second-order valence-corrected chi connectivity index (χ2v) is 7.36. The molecule has 1 saturated heterocycles. The number of hydrogen-bond donors (Lipinski definition) is 1. The molecule has 106 valence electrons. The van der Waals surface area contributed by atoms with E-state index in [1.807, 2.05) is 6.07 Å². The van der Waals surface area contributed by atoms with E-state index in [0.29, 0.717) is 24.1 Å². The van der Waals surface area contributed by atoms with Crippen LogP contribution in [0.5, 0.6) is 0 Å². The molecule has 1 aromatic rings. The summed E-state index contributed by atoms with van der Waals surface area (Å²) in [5.41, 5.74) is 0.690. The Balaban J connectivity index is 2.18. The van der Waals surface area contributed by atoms with Crippen molar-refractivity contribution in [3.05, 3.63) is 28.8 Å². The molecule has 1 unspecified atom stereocenters. The lowest BCUT2D eigenvalue weighted by atomic mass is 10.1. The Morgan fingerprint density at radius 1 is 1.40 bits per heavy atom. The third-order valence-electron chi connectivity index (χ3n) is 3.23. The van der Waals surface area contributed by atoms with Gasteiger partial charge >= 0.3 is 0 Å². The van der Waals surface area contributed by atoms with Crippen LogP contribution in [-0.4, -0.2) is 25.3 Å². The predicted octanol–water partition coefficient (Wildman–Crippen LogP) is 2.12. The minimum absolute atomic E-state index is 0.0478. The maximum Gasteiger partial charge on any atom is 0.242 e. The second-order valence-electron chi connectivity index (χ2n) is 4.65. The number of rotatable bonds is 2. The van der Waals surface area contributed by atoms with E-state index in [0.717, 1.165) is 6.42 Å². The molecular formula is C13H13ClN2O3S. The fourth-order valence-corrected chi connectivity index (χ4v) is 4.18. The van der Waals surface area contributed by atoms with Gasteiger partial charge in [0.2, 0.25) is 5.91 Å². The fourth-order valence-electron chi connectivity index (χ4n) is 2.15. The van der Waals surface area contributed by atoms with Gasteiger partial charge in [-0.2, -0.15) is 5.26 Å². The predicted molar refractivity (Wildman–Crippen MR) is 76.2 cm³/mol. The minimum Gasteiger partial charge on any atom is -0.324 e. The molecule has 0 aromatic heterocycles. The molecule has 20 heavy (non-hydrogen) atoms. The summed E-state index contributed by atoms with van der Waals surface area (Å²) >= 11 is 5.95. The van der Waals surface area contributed by atoms with Gasteiger partial charge in [0, 0.05) is 0 Å². The zero-order valence-corrected chi connectivity index (χ0v) is 12.2. The van der Waals surface area contributed by atoms with Crippen molar-refractivity contribution in [2.24, 2.45) is 0 Å². The van der Waals surface area contributed by atoms with Gasteiger partial charge in [-0.15, -0.1) is 0 Å². The summed E-state index contributed by atoms with van der Waals surface area (Å²) in [7, 11) is -3.38. The van der Waals surface area contributed by atoms with Crippen molar-refractivity contribution in [3.8, 4) is 6.07 Å². The zero-order chi connectivity index (χ0) is 14.8. The highest BCUT2D eigenvalue weighted by Crippen LogP contribution is 2.25. The lowest BCUT2D eigenvalue weighted by Gasteiger charge is -2.21. The summed E-state index contributed by atoms with van der Waals surface area (Å²) in [6, 6.07) is 6.36. The van der Waals surface area contributed by atoms with Crippen molar-refractivity contribution < 1.29 is 13.2 Å². The quantitative estimate of drug-likeness (QED) is 0.906. The normalized spacial score (nSPS) is 20.9. The van der Waals surface area contributed by atoms with Crippen LogP contribution in [0.1, 0.15) is 24.8 Å². The monoisotopic (exact) mass is 312 g/mol. The van der Waals surface area contributed by atoms with Crippen LogP contribution >= 0.6 is 11.6 Å². The maximum atomic E-state index is 12.1. The first-order chi connectivity index (χ1) is 9.44. The number of nitriles is 1. The summed E-state index contributed by atoms with van der Waals surface area (Å²) in [5, 5.41) is 10.5. The molecule has 1 aliphatic rings. The molecule has 1 N–H and O–H groups in total. The van der Waals surface area contributed by atoms with Crippen molar-refractivity contribution in [2.45, 2.75) is 24.5 Å². The first kappa shape index (κ1) is 14.8. The van der Waals surface area contributed by atoms with Gasteiger partial charge in [-0.25, -0.2) is 8.42 Å². The average molecular weight is 313 g/mol. The van der Waals surface area contributed by atoms with Crippen LogP contribution in [-0.2, 0) is 14.6 Å². The van der Waals surface area contributed by atoms with Crippen LogP contribution in [0.2, 0.25) is 5.02 Å². The molecule has 1 aromatic carbocycles. The molecule has 7 heteroatoms. The van der Waals surface area contributed by atoms with E-state index in [1.54, 1.807) is 0 Å². The summed E-state index contributed by atoms with van der Waals surface area (Å²) in [4.78, 5) is 12.1. The minimum atomic E-state index is -3.38. The van der Waals surface area contributed by atoms with Gasteiger partial charge in [-0.1, -0.05) is 18.0 Å². The highest BCUT2D eigenvalue weighted by atomic mass is 35.5. The molecule has 1 fully saturated rings. The van der Waals surface area contributed by atoms with Crippen molar-refractivity contribution >= 4 is 33.0 Å². The molecule has 0 bridgehead atoms. The van der Waals surface area contributed by atoms with Crippen molar-refractivity contribution in [3.63, 3.8) is 0 Å². The zero-order valence-electron chi connectivity index (χ0n) is 10.6. The first-order valence-corrected chi connectivity index (χ1v) is 8.25. The van der Waals surface area contributed by atoms with Gasteiger partial charge in [0.05, 0.1) is 28.1 Å². The number of benzene rings is 1. The fraction of sp³-hybridized carbons (Fsp3) is 0.385. The molecule has 5 nitrogen and oxygen atoms in total. The van der Waals surface area contributed by atoms with E-state index in [-0.39, 0.29) is 10.8 Å². The molecule has 0 aliphatic carbocycles. The summed E-state index contributed by atoms with van der Waals surface area (Å²) in [6.45, 7) is 0. The SMILES string of the molecule is N#Cc1ccc(NC(=O)C2CCCCS2(=O)=O)c(Cl)c1. The number of sulfone groups is 1. The highest BCUT2D eigenvalue weighted by Gasteiger charge is 2.34. The van der Waals surface area contributed by atoms with E-state index in [1.165, 1.54) is 18.2 Å². The lowest BCUT2D eigenvalue weighted by molar-refractivity contribution is -0.116. The topological polar surface area (TPSA) is 87.0 Å². The Hall–Kier alpha value is -1.58. The van der Waals surface area contributed by atoms with E-state index in [9.17, 15) is 13.2 Å². The van der Waals surface area contributed by atoms with Crippen LogP contribution in [0.25, 0.3) is 0 Å². The third-order valence-corrected chi connectivity index (χ3v) is 5.71. The van der Waals surface area contributed by atoms with E-state index >= 15 is 0 Å². The highest BCUT2D eigenvalue weighted by molar-refractivity contribution is 7.92. The Bertz CT molecular complexity index is 679. The van der Waals surface area contributed by atoms with Gasteiger partial charge in [0.1, 0.15) is 5.25 Å². The molecule has 0 radical (unpaired) electrons. The second kappa shape index (κ2) is 5.81. The average Bonchev–Trinajstić information content (AvgIpc) is 2.40. The molecule has 1 heterocycles. The number of amides is 1. The summed E-state index contributed by atoms with van der Waals surface area (Å²) in [5.74, 6) is -0.511. The van der Waals surface area contributed by atoms with E-state index in [2.05, 4.69) is 5.32 Å². The van der Waals surface area contributed by atoms with Gasteiger partial charge in [-0.05, 0) is 31.0 Å². The summed E-state index contributed by atoms with van der Waals surface area (Å²) < 4.78 is 23.7. The number of halogens is 1. The molecule has 1 aliphatic heterocycles. The van der Waals surface area contributed by atoms with Crippen LogP contribution in [0.4, 0.5) is 5.69 Å². The Labute approximate surface area is 122 Å². The van der Waals surface area contributed by atoms with Crippen LogP contribution in [0, 0.1) is 11.3 Å². The number of hydrogen-bond acceptors (Lipinski definition) is 4. The number of nitrogens with zero attached hydrogens (tertiary/aromatic N) is 1. The Morgan fingerprint density at radius 3 is 2.75 bits per heavy atom. The van der Waals surface area contributed by atoms with Crippen LogP contribution < -0.4 is 5.32 Å². The molecular weight excluding hydrogens is 300 g/mol. The van der Waals surface area contributed by atoms with E-state index in [4.69, 9.17) is 16.9 Å². The van der Waals surface area contributed by atoms with Gasteiger partial charge in [-0.3, -0.25) is 4.79 Å². The largest absolute Gasteiger partial charge is 0.324 e. The van der Waals surface area contributed by atoms with E-state index < -0.39 is 21.0 Å². The van der Waals surface area contributed by atoms with Gasteiger partial charge < -0.3 is 5.32 Å². The molecule has 1 atom stereocenters. The van der Waals surface area contributed by atoms with Crippen LogP contribution in [0.3, 0.4) is 0 Å². The molecule has 0 saturated carbocycles. The standard InChI is InChI=1S/C13H13ClN2O3S/c14-10-7-9(8-15)4-5-11(10)16-13(17)12-3-1-2-6-20(12,18)19/h4-5,7,12H,1-3,6H2,(H,16,17). The maximum absolute atomic E-state index is 12.1. The third kappa shape index (κ3) is 3.11. The van der Waals surface area contributed by atoms with Gasteiger partial charge in [0.15, 0.2) is 9.84 Å². The molecule has 0 spiro atoms. The van der Waals surface area contributed by atoms with Crippen molar-refractivity contribution in [1.82, 2.24) is 0 Å². The smallest absolute Gasteiger partial charge is 0.242 e.